The predicted molar refractivity (Wildman–Crippen MR) is 99.7 cm³/mol. The van der Waals surface area contributed by atoms with Gasteiger partial charge in [-0.2, -0.15) is 10.2 Å². The number of nitrogens with zero attached hydrogens (tertiary/aromatic N) is 4. The second-order valence-corrected chi connectivity index (χ2v) is 6.31. The van der Waals surface area contributed by atoms with E-state index in [4.69, 9.17) is 4.74 Å². The van der Waals surface area contributed by atoms with Gasteiger partial charge in [0, 0.05) is 13.2 Å². The second-order valence-electron chi connectivity index (χ2n) is 6.31. The Kier molecular flexibility index (Phi) is 4.79. The molecular weight excluding hydrogens is 330 g/mol. The Morgan fingerprint density at radius 2 is 1.96 bits per heavy atom. The molecule has 0 radical (unpaired) electrons. The maximum absolute atomic E-state index is 12.6. The molecule has 0 unspecified atom stereocenters. The fourth-order valence-electron chi connectivity index (χ4n) is 2.98. The van der Waals surface area contributed by atoms with Gasteiger partial charge in [0.05, 0.1) is 42.0 Å². The van der Waals surface area contributed by atoms with Crippen LogP contribution < -0.4 is 10.1 Å². The Balaban J connectivity index is 1.83. The first kappa shape index (κ1) is 17.7. The summed E-state index contributed by atoms with van der Waals surface area (Å²) in [5.74, 6) is 0.632. The third-order valence-electron chi connectivity index (χ3n) is 4.34. The van der Waals surface area contributed by atoms with Crippen LogP contribution in [0.15, 0.2) is 30.5 Å². The standard InChI is InChI=1S/C19H23N5O2/c1-12-17(11-23(4)21-12)19(25)20-18-13(2)22-24(14(18)3)10-15-7-6-8-16(9-15)26-5/h6-9,11H,10H2,1-5H3,(H,20,25). The molecule has 0 spiro atoms. The molecule has 0 aliphatic rings. The summed E-state index contributed by atoms with van der Waals surface area (Å²) >= 11 is 0. The molecule has 0 aliphatic heterocycles. The summed E-state index contributed by atoms with van der Waals surface area (Å²) in [5.41, 5.74) is 4.76. The summed E-state index contributed by atoms with van der Waals surface area (Å²) in [6, 6.07) is 7.87. The Hall–Kier alpha value is -3.09. The van der Waals surface area contributed by atoms with Crippen molar-refractivity contribution >= 4 is 11.6 Å². The van der Waals surface area contributed by atoms with E-state index in [0.717, 1.165) is 28.4 Å². The van der Waals surface area contributed by atoms with Crippen LogP contribution in [-0.2, 0) is 13.6 Å². The molecule has 2 heterocycles. The third-order valence-corrected chi connectivity index (χ3v) is 4.34. The normalized spacial score (nSPS) is 10.8. The molecule has 3 rings (SSSR count). The number of benzene rings is 1. The number of anilines is 1. The van der Waals surface area contributed by atoms with E-state index in [2.05, 4.69) is 15.5 Å². The number of ether oxygens (including phenoxy) is 1. The van der Waals surface area contributed by atoms with E-state index in [-0.39, 0.29) is 5.91 Å². The van der Waals surface area contributed by atoms with Crippen LogP contribution in [0.3, 0.4) is 0 Å². The van der Waals surface area contributed by atoms with Gasteiger partial charge in [-0.05, 0) is 38.5 Å². The lowest BCUT2D eigenvalue weighted by Crippen LogP contribution is -2.14. The van der Waals surface area contributed by atoms with Crippen LogP contribution in [-0.4, -0.2) is 32.6 Å². The lowest BCUT2D eigenvalue weighted by atomic mass is 10.2. The number of nitrogens with one attached hydrogen (secondary N) is 1. The van der Waals surface area contributed by atoms with Crippen molar-refractivity contribution in [2.45, 2.75) is 27.3 Å². The lowest BCUT2D eigenvalue weighted by Gasteiger charge is -2.08. The number of carbonyl (C=O) groups is 1. The van der Waals surface area contributed by atoms with Gasteiger partial charge in [0.15, 0.2) is 0 Å². The van der Waals surface area contributed by atoms with Crippen LogP contribution in [0.25, 0.3) is 0 Å². The van der Waals surface area contributed by atoms with Crippen molar-refractivity contribution in [2.75, 3.05) is 12.4 Å². The van der Waals surface area contributed by atoms with Gasteiger partial charge in [-0.25, -0.2) is 0 Å². The molecule has 0 atom stereocenters. The summed E-state index contributed by atoms with van der Waals surface area (Å²) < 4.78 is 8.79. The van der Waals surface area contributed by atoms with Crippen molar-refractivity contribution in [3.05, 3.63) is 58.7 Å². The van der Waals surface area contributed by atoms with Crippen molar-refractivity contribution < 1.29 is 9.53 Å². The van der Waals surface area contributed by atoms with Crippen LogP contribution >= 0.6 is 0 Å². The van der Waals surface area contributed by atoms with Crippen molar-refractivity contribution in [2.24, 2.45) is 7.05 Å². The lowest BCUT2D eigenvalue weighted by molar-refractivity contribution is 0.102. The van der Waals surface area contributed by atoms with Gasteiger partial charge in [0.1, 0.15) is 5.75 Å². The van der Waals surface area contributed by atoms with E-state index >= 15 is 0 Å². The first-order valence-electron chi connectivity index (χ1n) is 8.37. The summed E-state index contributed by atoms with van der Waals surface area (Å²) in [6.07, 6.45) is 1.72. The molecule has 0 saturated carbocycles. The molecule has 7 nitrogen and oxygen atoms in total. The number of carbonyl (C=O) groups excluding carboxylic acids is 1. The predicted octanol–water partition coefficient (Wildman–Crippen LogP) is 2.85. The van der Waals surface area contributed by atoms with E-state index in [1.807, 2.05) is 49.7 Å². The minimum Gasteiger partial charge on any atom is -0.497 e. The number of aromatic nitrogens is 4. The van der Waals surface area contributed by atoms with Crippen LogP contribution in [0.1, 0.15) is 33.0 Å². The number of hydrogen-bond acceptors (Lipinski definition) is 4. The van der Waals surface area contributed by atoms with Gasteiger partial charge in [0.2, 0.25) is 0 Å². The second kappa shape index (κ2) is 7.03. The molecule has 1 amide bonds. The molecule has 7 heteroatoms. The van der Waals surface area contributed by atoms with E-state index < -0.39 is 0 Å². The molecule has 1 N–H and O–H groups in total. The summed E-state index contributed by atoms with van der Waals surface area (Å²) in [6.45, 7) is 6.26. The zero-order chi connectivity index (χ0) is 18.8. The average Bonchev–Trinajstić information content (AvgIpc) is 3.08. The molecule has 1 aromatic carbocycles. The quantitative estimate of drug-likeness (QED) is 0.765. The number of hydrogen-bond donors (Lipinski definition) is 1. The number of amides is 1. The largest absolute Gasteiger partial charge is 0.497 e. The van der Waals surface area contributed by atoms with Crippen molar-refractivity contribution in [1.82, 2.24) is 19.6 Å². The Bertz CT molecular complexity index is 955. The average molecular weight is 353 g/mol. The van der Waals surface area contributed by atoms with Gasteiger partial charge in [-0.15, -0.1) is 0 Å². The Labute approximate surface area is 152 Å². The van der Waals surface area contributed by atoms with Gasteiger partial charge in [0.25, 0.3) is 5.91 Å². The number of aryl methyl sites for hydroxylation is 3. The topological polar surface area (TPSA) is 74.0 Å². The molecule has 3 aromatic rings. The number of methoxy groups -OCH3 is 1. The monoisotopic (exact) mass is 353 g/mol. The SMILES string of the molecule is COc1cccc(Cn2nc(C)c(NC(=O)c3cn(C)nc3C)c2C)c1. The first-order valence-corrected chi connectivity index (χ1v) is 8.37. The van der Waals surface area contributed by atoms with Crippen LogP contribution in [0, 0.1) is 20.8 Å². The summed E-state index contributed by atoms with van der Waals surface area (Å²) in [5, 5.41) is 11.8. The molecular formula is C19H23N5O2. The fraction of sp³-hybridized carbons (Fsp3) is 0.316. The highest BCUT2D eigenvalue weighted by Crippen LogP contribution is 2.22. The Morgan fingerprint density at radius 3 is 2.62 bits per heavy atom. The van der Waals surface area contributed by atoms with E-state index in [0.29, 0.717) is 17.8 Å². The van der Waals surface area contributed by atoms with Gasteiger partial charge < -0.3 is 10.1 Å². The maximum Gasteiger partial charge on any atom is 0.259 e. The van der Waals surface area contributed by atoms with Gasteiger partial charge in [-0.3, -0.25) is 14.2 Å². The summed E-state index contributed by atoms with van der Waals surface area (Å²) in [4.78, 5) is 12.6. The van der Waals surface area contributed by atoms with Crippen molar-refractivity contribution in [1.29, 1.82) is 0 Å². The van der Waals surface area contributed by atoms with Gasteiger partial charge in [-0.1, -0.05) is 12.1 Å². The molecule has 0 fully saturated rings. The third kappa shape index (κ3) is 3.46. The zero-order valence-electron chi connectivity index (χ0n) is 15.7. The number of rotatable bonds is 5. The minimum atomic E-state index is -0.178. The summed E-state index contributed by atoms with van der Waals surface area (Å²) in [7, 11) is 3.45. The van der Waals surface area contributed by atoms with Crippen LogP contribution in [0.5, 0.6) is 5.75 Å². The minimum absolute atomic E-state index is 0.178. The molecule has 26 heavy (non-hydrogen) atoms. The van der Waals surface area contributed by atoms with E-state index in [1.165, 1.54) is 0 Å². The maximum atomic E-state index is 12.6. The molecule has 0 saturated heterocycles. The Morgan fingerprint density at radius 1 is 1.19 bits per heavy atom. The van der Waals surface area contributed by atoms with Crippen LogP contribution in [0.4, 0.5) is 5.69 Å². The smallest absolute Gasteiger partial charge is 0.259 e. The molecule has 0 aliphatic carbocycles. The zero-order valence-corrected chi connectivity index (χ0v) is 15.7. The fourth-order valence-corrected chi connectivity index (χ4v) is 2.98. The van der Waals surface area contributed by atoms with E-state index in [1.54, 1.807) is 25.0 Å². The molecule has 0 bridgehead atoms. The highest BCUT2D eigenvalue weighted by atomic mass is 16.5. The van der Waals surface area contributed by atoms with Crippen molar-refractivity contribution in [3.8, 4) is 5.75 Å². The van der Waals surface area contributed by atoms with Gasteiger partial charge >= 0.3 is 0 Å². The van der Waals surface area contributed by atoms with Crippen molar-refractivity contribution in [3.63, 3.8) is 0 Å². The van der Waals surface area contributed by atoms with Crippen LogP contribution in [0.2, 0.25) is 0 Å². The first-order chi connectivity index (χ1) is 12.4. The molecule has 136 valence electrons. The highest BCUT2D eigenvalue weighted by Gasteiger charge is 2.18. The highest BCUT2D eigenvalue weighted by molar-refractivity contribution is 6.05. The van der Waals surface area contributed by atoms with E-state index in [9.17, 15) is 4.79 Å². The molecule has 2 aromatic heterocycles.